The Bertz CT molecular complexity index is 827. The molecule has 0 aromatic carbocycles. The molecule has 0 saturated heterocycles. The zero-order valence-corrected chi connectivity index (χ0v) is 21.4. The highest BCUT2D eigenvalue weighted by molar-refractivity contribution is 5.77. The lowest BCUT2D eigenvalue weighted by Crippen LogP contribution is -2.60. The Morgan fingerprint density at radius 1 is 0.970 bits per heavy atom. The molecule has 8 atom stereocenters. The number of carbonyl (C=O) groups excluding carboxylic acids is 3. The predicted octanol–water partition coefficient (Wildman–Crippen LogP) is 4.65. The predicted molar refractivity (Wildman–Crippen MR) is 125 cm³/mol. The molecule has 0 aromatic rings. The first kappa shape index (κ1) is 24.5. The third-order valence-electron chi connectivity index (χ3n) is 10.5. The van der Waals surface area contributed by atoms with E-state index in [0.717, 1.165) is 51.4 Å². The minimum Gasteiger partial charge on any atom is -0.466 e. The van der Waals surface area contributed by atoms with E-state index in [2.05, 4.69) is 26.1 Å². The van der Waals surface area contributed by atoms with Gasteiger partial charge in [-0.25, -0.2) is 0 Å². The fourth-order valence-electron chi connectivity index (χ4n) is 9.48. The number of carbonyl (C=O) groups is 3. The smallest absolute Gasteiger partial charge is 0.312 e. The molecular weight excluding hydrogens is 418 g/mol. The summed E-state index contributed by atoms with van der Waals surface area (Å²) in [4.78, 5) is 37.2. The first-order valence-corrected chi connectivity index (χ1v) is 13.0. The quantitative estimate of drug-likeness (QED) is 0.603. The molecule has 4 fully saturated rings. The molecule has 0 aromatic heterocycles. The van der Waals surface area contributed by atoms with Crippen LogP contribution >= 0.6 is 0 Å². The molecule has 6 nitrogen and oxygen atoms in total. The van der Waals surface area contributed by atoms with E-state index in [4.69, 9.17) is 9.47 Å². The highest BCUT2D eigenvalue weighted by Crippen LogP contribution is 2.75. The van der Waals surface area contributed by atoms with Crippen molar-refractivity contribution >= 4 is 17.8 Å². The van der Waals surface area contributed by atoms with Gasteiger partial charge in [-0.3, -0.25) is 14.4 Å². The molecule has 0 aliphatic heterocycles. The van der Waals surface area contributed by atoms with Gasteiger partial charge in [0.25, 0.3) is 0 Å². The first-order chi connectivity index (χ1) is 15.4. The van der Waals surface area contributed by atoms with Crippen LogP contribution in [0.4, 0.5) is 0 Å². The van der Waals surface area contributed by atoms with Crippen LogP contribution in [0.2, 0.25) is 0 Å². The molecule has 1 spiro atoms. The van der Waals surface area contributed by atoms with E-state index in [0.29, 0.717) is 25.0 Å². The molecule has 1 N–H and O–H groups in total. The maximum atomic E-state index is 13.2. The molecule has 0 heterocycles. The van der Waals surface area contributed by atoms with E-state index in [-0.39, 0.29) is 46.1 Å². The summed E-state index contributed by atoms with van der Waals surface area (Å²) < 4.78 is 11.6. The molecule has 4 rings (SSSR count). The van der Waals surface area contributed by atoms with Crippen molar-refractivity contribution in [3.05, 3.63) is 0 Å². The third-order valence-corrected chi connectivity index (χ3v) is 10.5. The number of hydrogen-bond donors (Lipinski definition) is 1. The summed E-state index contributed by atoms with van der Waals surface area (Å²) in [7, 11) is 0. The van der Waals surface area contributed by atoms with Crippen LogP contribution in [0.15, 0.2) is 0 Å². The van der Waals surface area contributed by atoms with Crippen LogP contribution in [0.1, 0.15) is 92.9 Å². The van der Waals surface area contributed by atoms with Crippen molar-refractivity contribution in [2.45, 2.75) is 99.0 Å². The van der Waals surface area contributed by atoms with Crippen molar-refractivity contribution in [1.82, 2.24) is 5.32 Å². The maximum absolute atomic E-state index is 13.2. The molecule has 33 heavy (non-hydrogen) atoms. The van der Waals surface area contributed by atoms with E-state index < -0.39 is 5.41 Å². The molecule has 6 heteroatoms. The summed E-state index contributed by atoms with van der Waals surface area (Å²) in [5.74, 6) is 0.552. The third kappa shape index (κ3) is 3.61. The lowest BCUT2D eigenvalue weighted by molar-refractivity contribution is -0.192. The molecular formula is C27H43NO5. The summed E-state index contributed by atoms with van der Waals surface area (Å²) in [6.07, 6.45) is 8.04. The molecule has 186 valence electrons. The van der Waals surface area contributed by atoms with Gasteiger partial charge in [0.15, 0.2) is 0 Å². The van der Waals surface area contributed by atoms with E-state index >= 15 is 0 Å². The van der Waals surface area contributed by atoms with Gasteiger partial charge in [-0.1, -0.05) is 20.3 Å². The van der Waals surface area contributed by atoms with Crippen LogP contribution < -0.4 is 5.32 Å². The molecule has 2 bridgehead atoms. The van der Waals surface area contributed by atoms with Crippen molar-refractivity contribution in [2.24, 2.45) is 39.4 Å². The Morgan fingerprint density at radius 3 is 2.30 bits per heavy atom. The number of esters is 2. The van der Waals surface area contributed by atoms with Gasteiger partial charge >= 0.3 is 11.9 Å². The van der Waals surface area contributed by atoms with Crippen molar-refractivity contribution in [3.63, 3.8) is 0 Å². The number of rotatable bonds is 5. The fourth-order valence-corrected chi connectivity index (χ4v) is 9.48. The monoisotopic (exact) mass is 461 g/mol. The first-order valence-electron chi connectivity index (χ1n) is 13.0. The second-order valence-corrected chi connectivity index (χ2v) is 12.3. The van der Waals surface area contributed by atoms with Crippen molar-refractivity contribution in [3.8, 4) is 0 Å². The number of ether oxygens (including phenoxy) is 2. The lowest BCUT2D eigenvalue weighted by atomic mass is 9.39. The SMILES string of the molecule is CCOC(=O)[C@]1(C)CCC[C@@]2(C)[C@@H]3CC[C@@]4(C)C[C@]3(CC[C@@H]21)[C@H](CNC(C)=O)[C@H]4OC(C)=O. The van der Waals surface area contributed by atoms with E-state index in [9.17, 15) is 14.4 Å². The maximum Gasteiger partial charge on any atom is 0.312 e. The highest BCUT2D eigenvalue weighted by atomic mass is 16.5. The summed E-state index contributed by atoms with van der Waals surface area (Å²) in [5, 5.41) is 3.08. The fraction of sp³-hybridized carbons (Fsp3) is 0.889. The van der Waals surface area contributed by atoms with E-state index in [1.165, 1.54) is 6.92 Å². The second-order valence-electron chi connectivity index (χ2n) is 12.3. The van der Waals surface area contributed by atoms with Crippen molar-refractivity contribution < 1.29 is 23.9 Å². The minimum absolute atomic E-state index is 0.0216. The van der Waals surface area contributed by atoms with Gasteiger partial charge in [-0.2, -0.15) is 0 Å². The van der Waals surface area contributed by atoms with Gasteiger partial charge in [-0.15, -0.1) is 0 Å². The standard InChI is InChI=1S/C27H43NO5/c1-7-32-23(31)26(6)12-8-11-25(5)20(26)10-14-27-16-24(4,13-9-21(25)27)22(33-18(3)30)19(27)15-28-17(2)29/h19-22H,7-16H2,1-6H3,(H,28,29)/t19-,20+,21+,22-,24+,25-,26-,27-/m1/s1. The van der Waals surface area contributed by atoms with Crippen molar-refractivity contribution in [1.29, 1.82) is 0 Å². The summed E-state index contributed by atoms with van der Waals surface area (Å²) >= 11 is 0. The second kappa shape index (κ2) is 8.27. The Hall–Kier alpha value is -1.59. The highest BCUT2D eigenvalue weighted by Gasteiger charge is 2.72. The van der Waals surface area contributed by atoms with E-state index in [1.54, 1.807) is 6.92 Å². The molecule has 1 amide bonds. The lowest BCUT2D eigenvalue weighted by Gasteiger charge is -2.65. The summed E-state index contributed by atoms with van der Waals surface area (Å²) in [6.45, 7) is 12.8. The zero-order chi connectivity index (χ0) is 24.2. The van der Waals surface area contributed by atoms with Crippen LogP contribution in [0.3, 0.4) is 0 Å². The molecule has 0 unspecified atom stereocenters. The van der Waals surface area contributed by atoms with Crippen LogP contribution in [0, 0.1) is 39.4 Å². The van der Waals surface area contributed by atoms with Gasteiger partial charge in [0.2, 0.25) is 5.91 Å². The largest absolute Gasteiger partial charge is 0.466 e. The normalized spacial score (nSPS) is 46.0. The van der Waals surface area contributed by atoms with Crippen LogP contribution in [0.5, 0.6) is 0 Å². The molecule has 4 saturated carbocycles. The minimum atomic E-state index is -0.438. The van der Waals surface area contributed by atoms with Gasteiger partial charge in [0, 0.05) is 31.7 Å². The number of nitrogens with one attached hydrogen (secondary N) is 1. The summed E-state index contributed by atoms with van der Waals surface area (Å²) in [5.41, 5.74) is -0.438. The number of hydrogen-bond acceptors (Lipinski definition) is 5. The van der Waals surface area contributed by atoms with Crippen LogP contribution in [0.25, 0.3) is 0 Å². The molecule has 4 aliphatic carbocycles. The Balaban J connectivity index is 1.74. The Kier molecular flexibility index (Phi) is 6.14. The van der Waals surface area contributed by atoms with Gasteiger partial charge in [-0.05, 0) is 81.5 Å². The van der Waals surface area contributed by atoms with Gasteiger partial charge in [0.05, 0.1) is 12.0 Å². The average molecular weight is 462 g/mol. The molecule has 4 aliphatic rings. The Morgan fingerprint density at radius 2 is 1.67 bits per heavy atom. The molecule has 0 radical (unpaired) electrons. The average Bonchev–Trinajstić information content (AvgIpc) is 2.88. The number of fused-ring (bicyclic) bond motifs is 3. The van der Waals surface area contributed by atoms with Gasteiger partial charge < -0.3 is 14.8 Å². The van der Waals surface area contributed by atoms with Crippen LogP contribution in [-0.2, 0) is 23.9 Å². The zero-order valence-electron chi connectivity index (χ0n) is 21.4. The van der Waals surface area contributed by atoms with Crippen LogP contribution in [-0.4, -0.2) is 37.1 Å². The van der Waals surface area contributed by atoms with Crippen molar-refractivity contribution in [2.75, 3.05) is 13.2 Å². The summed E-state index contributed by atoms with van der Waals surface area (Å²) in [6, 6.07) is 0. The Labute approximate surface area is 198 Å². The van der Waals surface area contributed by atoms with E-state index in [1.807, 2.05) is 6.92 Å². The van der Waals surface area contributed by atoms with Gasteiger partial charge in [0.1, 0.15) is 6.10 Å². The number of amides is 1. The topological polar surface area (TPSA) is 81.7 Å².